The first-order valence-electron chi connectivity index (χ1n) is 9.95. The summed E-state index contributed by atoms with van der Waals surface area (Å²) in [6.07, 6.45) is -2.19. The minimum Gasteiger partial charge on any atom is -0.345 e. The van der Waals surface area contributed by atoms with Crippen LogP contribution in [0.25, 0.3) is 0 Å². The molecule has 0 saturated carbocycles. The van der Waals surface area contributed by atoms with Gasteiger partial charge < -0.3 is 15.5 Å². The number of nitrogens with zero attached hydrogens (tertiary/aromatic N) is 5. The van der Waals surface area contributed by atoms with Gasteiger partial charge in [-0.15, -0.1) is 0 Å². The third kappa shape index (κ3) is 6.70. The molecule has 0 radical (unpaired) electrons. The van der Waals surface area contributed by atoms with Crippen molar-refractivity contribution >= 4 is 49.0 Å². The second kappa shape index (κ2) is 10.6. The first kappa shape index (κ1) is 28.2. The van der Waals surface area contributed by atoms with Crippen molar-refractivity contribution in [3.8, 4) is 6.07 Å². The molecule has 3 aromatic rings. The Morgan fingerprint density at radius 1 is 1.00 bits per heavy atom. The van der Waals surface area contributed by atoms with E-state index in [4.69, 9.17) is 5.26 Å². The number of nitrogens with one attached hydrogen (secondary N) is 2. The van der Waals surface area contributed by atoms with Crippen LogP contribution in [0.2, 0.25) is 0 Å². The highest BCUT2D eigenvalue weighted by Gasteiger charge is 2.44. The monoisotopic (exact) mass is 571 g/mol. The van der Waals surface area contributed by atoms with Crippen LogP contribution in [0.3, 0.4) is 0 Å². The summed E-state index contributed by atoms with van der Waals surface area (Å²) in [4.78, 5) is 25.8. The van der Waals surface area contributed by atoms with Crippen molar-refractivity contribution in [2.75, 3.05) is 23.9 Å². The van der Waals surface area contributed by atoms with Crippen LogP contribution in [-0.4, -0.2) is 61.7 Å². The molecule has 0 spiro atoms. The van der Waals surface area contributed by atoms with Gasteiger partial charge in [-0.1, -0.05) is 0 Å². The molecule has 0 amide bonds. The summed E-state index contributed by atoms with van der Waals surface area (Å²) >= 11 is 0. The lowest BCUT2D eigenvalue weighted by Crippen LogP contribution is -2.36. The predicted octanol–water partition coefficient (Wildman–Crippen LogP) is 2.27. The van der Waals surface area contributed by atoms with E-state index in [-0.39, 0.29) is 26.7 Å². The standard InChI is InChI=1S/C20H16F3N7O6S2/c1-30(36-19(31)20(21,22)23)38(34,35)13-4-5-15(37(2,32)33)14(7-13)28-17-8-18(27-11-26-17)29-16-6-3-12(9-24)10-25-16/h3-8,10-11H,1-2H3,(H2,25,26,27,28,29). The average Bonchev–Trinajstić information content (AvgIpc) is 2.83. The normalized spacial score (nSPS) is 12.0. The van der Waals surface area contributed by atoms with E-state index in [9.17, 15) is 34.8 Å². The largest absolute Gasteiger partial charge is 0.492 e. The smallest absolute Gasteiger partial charge is 0.345 e. The van der Waals surface area contributed by atoms with Gasteiger partial charge in [0.25, 0.3) is 10.0 Å². The number of anilines is 4. The Morgan fingerprint density at radius 3 is 2.21 bits per heavy atom. The molecule has 0 saturated heterocycles. The maximum Gasteiger partial charge on any atom is 0.492 e. The number of aromatic nitrogens is 3. The highest BCUT2D eigenvalue weighted by molar-refractivity contribution is 7.91. The van der Waals surface area contributed by atoms with Gasteiger partial charge in [0.05, 0.1) is 21.0 Å². The Labute approximate surface area is 213 Å². The van der Waals surface area contributed by atoms with Crippen molar-refractivity contribution in [1.82, 2.24) is 19.4 Å². The molecule has 0 aliphatic carbocycles. The van der Waals surface area contributed by atoms with Crippen molar-refractivity contribution in [3.63, 3.8) is 0 Å². The third-order valence-electron chi connectivity index (χ3n) is 4.51. The summed E-state index contributed by atoms with van der Waals surface area (Å²) in [5.41, 5.74) is 0.0211. The van der Waals surface area contributed by atoms with E-state index in [2.05, 4.69) is 30.4 Å². The van der Waals surface area contributed by atoms with Crippen molar-refractivity contribution in [3.05, 3.63) is 54.5 Å². The molecule has 200 valence electrons. The quantitative estimate of drug-likeness (QED) is 0.377. The summed E-state index contributed by atoms with van der Waals surface area (Å²) in [5, 5.41) is 14.3. The van der Waals surface area contributed by atoms with Crippen molar-refractivity contribution < 1.29 is 39.6 Å². The molecule has 2 heterocycles. The van der Waals surface area contributed by atoms with Gasteiger partial charge in [-0.3, -0.25) is 0 Å². The van der Waals surface area contributed by atoms with Crippen LogP contribution in [0.15, 0.2) is 58.7 Å². The Bertz CT molecular complexity index is 1620. The molecule has 38 heavy (non-hydrogen) atoms. The molecule has 13 nitrogen and oxygen atoms in total. The van der Waals surface area contributed by atoms with Gasteiger partial charge >= 0.3 is 12.1 Å². The molecule has 0 bridgehead atoms. The van der Waals surface area contributed by atoms with Crippen LogP contribution in [0, 0.1) is 11.3 Å². The van der Waals surface area contributed by atoms with Gasteiger partial charge in [0, 0.05) is 25.6 Å². The molecule has 0 unspecified atom stereocenters. The fourth-order valence-corrected chi connectivity index (χ4v) is 4.55. The van der Waals surface area contributed by atoms with Crippen LogP contribution in [0.5, 0.6) is 0 Å². The summed E-state index contributed by atoms with van der Waals surface area (Å²) in [7, 11) is -8.22. The molecule has 1 aromatic carbocycles. The maximum absolute atomic E-state index is 12.7. The number of hydroxylamine groups is 1. The molecule has 0 fully saturated rings. The van der Waals surface area contributed by atoms with Crippen LogP contribution in [-0.2, 0) is 29.5 Å². The first-order chi connectivity index (χ1) is 17.6. The van der Waals surface area contributed by atoms with E-state index in [1.807, 2.05) is 6.07 Å². The number of halogens is 3. The number of sulfone groups is 1. The van der Waals surface area contributed by atoms with E-state index >= 15 is 0 Å². The van der Waals surface area contributed by atoms with Crippen molar-refractivity contribution in [2.24, 2.45) is 0 Å². The van der Waals surface area contributed by atoms with E-state index in [1.165, 1.54) is 24.4 Å². The second-order valence-corrected chi connectivity index (χ2v) is 11.2. The summed E-state index contributed by atoms with van der Waals surface area (Å²) in [6.45, 7) is 0. The number of benzene rings is 1. The highest BCUT2D eigenvalue weighted by Crippen LogP contribution is 2.30. The topological polar surface area (TPSA) is 184 Å². The number of sulfonamides is 1. The zero-order valence-corrected chi connectivity index (χ0v) is 20.9. The number of rotatable bonds is 8. The molecule has 0 aliphatic heterocycles. The summed E-state index contributed by atoms with van der Waals surface area (Å²) < 4.78 is 87.2. The lowest BCUT2D eigenvalue weighted by Gasteiger charge is -2.18. The van der Waals surface area contributed by atoms with Gasteiger partial charge in [-0.2, -0.15) is 18.4 Å². The second-order valence-electron chi connectivity index (χ2n) is 7.30. The lowest BCUT2D eigenvalue weighted by molar-refractivity contribution is -0.219. The Hall–Kier alpha value is -4.34. The van der Waals surface area contributed by atoms with Crippen molar-refractivity contribution in [2.45, 2.75) is 16.0 Å². The fraction of sp³-hybridized carbons (Fsp3) is 0.150. The van der Waals surface area contributed by atoms with Gasteiger partial charge in [0.1, 0.15) is 29.9 Å². The van der Waals surface area contributed by atoms with E-state index in [0.717, 1.165) is 30.8 Å². The van der Waals surface area contributed by atoms with Gasteiger partial charge in [-0.25, -0.2) is 36.6 Å². The Kier molecular flexibility index (Phi) is 7.85. The van der Waals surface area contributed by atoms with Gasteiger partial charge in [0.2, 0.25) is 0 Å². The third-order valence-corrected chi connectivity index (χ3v) is 7.26. The van der Waals surface area contributed by atoms with E-state index in [0.29, 0.717) is 18.4 Å². The molecule has 0 aliphatic rings. The number of hydrogen-bond donors (Lipinski definition) is 2. The van der Waals surface area contributed by atoms with Crippen LogP contribution in [0.4, 0.5) is 36.3 Å². The van der Waals surface area contributed by atoms with Gasteiger partial charge in [0.15, 0.2) is 9.84 Å². The molecular weight excluding hydrogens is 555 g/mol. The summed E-state index contributed by atoms with van der Waals surface area (Å²) in [6, 6.07) is 8.79. The van der Waals surface area contributed by atoms with Crippen LogP contribution < -0.4 is 10.6 Å². The number of hydrogen-bond acceptors (Lipinski definition) is 12. The minimum atomic E-state index is -5.46. The van der Waals surface area contributed by atoms with Crippen LogP contribution in [0.1, 0.15) is 5.56 Å². The van der Waals surface area contributed by atoms with Gasteiger partial charge in [-0.05, 0) is 34.8 Å². The van der Waals surface area contributed by atoms with Crippen molar-refractivity contribution in [1.29, 1.82) is 5.26 Å². The molecule has 0 atom stereocenters. The number of carbonyl (C=O) groups excluding carboxylic acids is 1. The maximum atomic E-state index is 12.7. The average molecular weight is 572 g/mol. The number of pyridine rings is 1. The fourth-order valence-electron chi connectivity index (χ4n) is 2.75. The Morgan fingerprint density at radius 2 is 1.66 bits per heavy atom. The van der Waals surface area contributed by atoms with E-state index < -0.39 is 36.9 Å². The number of alkyl halides is 3. The zero-order chi connectivity index (χ0) is 28.3. The zero-order valence-electron chi connectivity index (χ0n) is 19.3. The summed E-state index contributed by atoms with van der Waals surface area (Å²) in [5.74, 6) is -2.28. The first-order valence-corrected chi connectivity index (χ1v) is 13.3. The number of nitriles is 1. The predicted molar refractivity (Wildman–Crippen MR) is 124 cm³/mol. The Balaban J connectivity index is 1.94. The molecule has 2 N–H and O–H groups in total. The van der Waals surface area contributed by atoms with Crippen LogP contribution >= 0.6 is 0 Å². The lowest BCUT2D eigenvalue weighted by atomic mass is 10.3. The number of carbonyl (C=O) groups is 1. The molecule has 18 heteroatoms. The molecule has 3 rings (SSSR count). The molecular formula is C20H16F3N7O6S2. The van der Waals surface area contributed by atoms with E-state index in [1.54, 1.807) is 0 Å². The highest BCUT2D eigenvalue weighted by atomic mass is 32.2. The minimum absolute atomic E-state index is 0.00699. The molecule has 2 aromatic heterocycles. The SMILES string of the molecule is CN(OC(=O)C(F)(F)F)S(=O)(=O)c1ccc(S(C)(=O)=O)c(Nc2cc(Nc3ccc(C#N)cn3)ncn2)c1.